The molecule has 0 aliphatic heterocycles. The molecule has 2 aromatic carbocycles. The summed E-state index contributed by atoms with van der Waals surface area (Å²) in [6, 6.07) is 22.2. The molecule has 0 bridgehead atoms. The number of carboxylic acid groups (broad SMARTS) is 1. The van der Waals surface area contributed by atoms with E-state index in [9.17, 15) is 4.79 Å². The Balaban J connectivity index is 1.41. The van der Waals surface area contributed by atoms with Crippen molar-refractivity contribution >= 4 is 29.5 Å². The molecule has 0 unspecified atom stereocenters. The van der Waals surface area contributed by atoms with Crippen molar-refractivity contribution in [2.24, 2.45) is 0 Å². The molecule has 1 aromatic heterocycles. The maximum Gasteiger partial charge on any atom is 0.328 e. The molecule has 0 amide bonds. The molecule has 1 heterocycles. The third kappa shape index (κ3) is 10.3. The summed E-state index contributed by atoms with van der Waals surface area (Å²) in [6.07, 6.45) is 10.7. The first-order valence-corrected chi connectivity index (χ1v) is 13.1. The quantitative estimate of drug-likeness (QED) is 0.103. The molecular weight excluding hydrogens is 456 g/mol. The van der Waals surface area contributed by atoms with Gasteiger partial charge in [0, 0.05) is 22.4 Å². The normalized spacial score (nSPS) is 11.1. The number of rotatable bonds is 15. The second-order valence-corrected chi connectivity index (χ2v) is 9.47. The summed E-state index contributed by atoms with van der Waals surface area (Å²) in [5.74, 6) is 0.259. The summed E-state index contributed by atoms with van der Waals surface area (Å²) in [5.41, 5.74) is 9.38. The van der Waals surface area contributed by atoms with E-state index in [1.165, 1.54) is 37.3 Å². The molecule has 0 spiro atoms. The maximum atomic E-state index is 11.0. The van der Waals surface area contributed by atoms with Crippen LogP contribution in [0.2, 0.25) is 0 Å². The lowest BCUT2D eigenvalue weighted by molar-refractivity contribution is -0.131. The topological polar surface area (TPSA) is 85.4 Å². The Kier molecular flexibility index (Phi) is 11.2. The second kappa shape index (κ2) is 14.9. The van der Waals surface area contributed by atoms with E-state index in [1.54, 1.807) is 11.8 Å². The van der Waals surface area contributed by atoms with Gasteiger partial charge in [0.15, 0.2) is 0 Å². The van der Waals surface area contributed by atoms with Gasteiger partial charge in [0.1, 0.15) is 11.4 Å². The minimum absolute atomic E-state index is 0.541. The predicted octanol–water partition coefficient (Wildman–Crippen LogP) is 7.02. The van der Waals surface area contributed by atoms with Gasteiger partial charge in [-0.25, -0.2) is 9.78 Å². The van der Waals surface area contributed by atoms with E-state index in [0.717, 1.165) is 41.6 Å². The molecule has 0 saturated heterocycles. The second-order valence-electron chi connectivity index (χ2n) is 8.42. The Morgan fingerprint density at radius 1 is 0.943 bits per heavy atom. The van der Waals surface area contributed by atoms with Crippen LogP contribution >= 0.6 is 11.8 Å². The molecule has 184 valence electrons. The Hall–Kier alpha value is -3.25. The minimum atomic E-state index is -1.01. The van der Waals surface area contributed by atoms with Crippen LogP contribution in [0.5, 0.6) is 5.75 Å². The van der Waals surface area contributed by atoms with Crippen molar-refractivity contribution in [2.45, 2.75) is 55.6 Å². The van der Waals surface area contributed by atoms with E-state index in [4.69, 9.17) is 15.6 Å². The van der Waals surface area contributed by atoms with E-state index >= 15 is 0 Å². The summed E-state index contributed by atoms with van der Waals surface area (Å²) in [4.78, 5) is 16.7. The lowest BCUT2D eigenvalue weighted by Crippen LogP contribution is -2.02. The average Bonchev–Trinajstić information content (AvgIpc) is 2.86. The van der Waals surface area contributed by atoms with Crippen LogP contribution in [0.4, 0.5) is 5.69 Å². The summed E-state index contributed by atoms with van der Waals surface area (Å²) in [6.45, 7) is 0.594. The van der Waals surface area contributed by atoms with Crippen molar-refractivity contribution < 1.29 is 14.6 Å². The first-order valence-electron chi connectivity index (χ1n) is 12.2. The van der Waals surface area contributed by atoms with Gasteiger partial charge in [-0.1, -0.05) is 62.1 Å². The van der Waals surface area contributed by atoms with Gasteiger partial charge in [0.25, 0.3) is 0 Å². The maximum absolute atomic E-state index is 11.0. The van der Waals surface area contributed by atoms with Gasteiger partial charge in [0.05, 0.1) is 12.3 Å². The highest BCUT2D eigenvalue weighted by molar-refractivity contribution is 7.98. The number of benzene rings is 2. The van der Waals surface area contributed by atoms with Crippen LogP contribution in [0.15, 0.2) is 77.7 Å². The number of ether oxygens (including phenoxy) is 1. The number of nitrogens with zero attached hydrogens (tertiary/aromatic N) is 1. The molecule has 35 heavy (non-hydrogen) atoms. The number of carboxylic acids is 1. The molecule has 0 radical (unpaired) electrons. The molecule has 0 aliphatic carbocycles. The van der Waals surface area contributed by atoms with Crippen molar-refractivity contribution in [3.8, 4) is 5.75 Å². The zero-order valence-electron chi connectivity index (χ0n) is 20.1. The van der Waals surface area contributed by atoms with E-state index < -0.39 is 5.97 Å². The van der Waals surface area contributed by atoms with Crippen LogP contribution in [0.1, 0.15) is 55.5 Å². The molecular formula is C29H34N2O3S. The molecule has 0 fully saturated rings. The monoisotopic (exact) mass is 490 g/mol. The molecule has 5 nitrogen and oxygen atoms in total. The number of hydrogen-bond donors (Lipinski definition) is 2. The van der Waals surface area contributed by atoms with Crippen molar-refractivity contribution in [1.29, 1.82) is 0 Å². The molecule has 6 heteroatoms. The van der Waals surface area contributed by atoms with Gasteiger partial charge in [-0.3, -0.25) is 0 Å². The van der Waals surface area contributed by atoms with E-state index in [2.05, 4.69) is 35.3 Å². The van der Waals surface area contributed by atoms with Gasteiger partial charge in [-0.15, -0.1) is 11.8 Å². The largest absolute Gasteiger partial charge is 0.491 e. The molecule has 3 rings (SSSR count). The number of pyridine rings is 1. The number of hydrogen-bond acceptors (Lipinski definition) is 5. The van der Waals surface area contributed by atoms with Gasteiger partial charge < -0.3 is 15.6 Å². The van der Waals surface area contributed by atoms with Gasteiger partial charge in [-0.05, 0) is 61.2 Å². The summed E-state index contributed by atoms with van der Waals surface area (Å²) in [5, 5.41) is 9.04. The van der Waals surface area contributed by atoms with E-state index in [0.29, 0.717) is 23.8 Å². The molecule has 0 atom stereocenters. The first kappa shape index (κ1) is 26.4. The summed E-state index contributed by atoms with van der Waals surface area (Å²) in [7, 11) is 0. The fourth-order valence-corrected chi connectivity index (χ4v) is 4.57. The number of aryl methyl sites for hydroxylation is 1. The van der Waals surface area contributed by atoms with Crippen molar-refractivity contribution in [3.63, 3.8) is 0 Å². The fraction of sp³-hybridized carbons (Fsp3) is 0.310. The summed E-state index contributed by atoms with van der Waals surface area (Å²) >= 11 is 1.63. The van der Waals surface area contributed by atoms with Crippen LogP contribution in [-0.4, -0.2) is 22.7 Å². The van der Waals surface area contributed by atoms with Gasteiger partial charge in [0.2, 0.25) is 0 Å². The van der Waals surface area contributed by atoms with Crippen molar-refractivity contribution in [2.75, 3.05) is 12.3 Å². The van der Waals surface area contributed by atoms with Gasteiger partial charge >= 0.3 is 5.97 Å². The predicted molar refractivity (Wildman–Crippen MR) is 145 cm³/mol. The lowest BCUT2D eigenvalue weighted by atomic mass is 10.1. The Morgan fingerprint density at radius 3 is 2.49 bits per heavy atom. The molecule has 3 aromatic rings. The average molecular weight is 491 g/mol. The summed E-state index contributed by atoms with van der Waals surface area (Å²) < 4.78 is 5.96. The highest BCUT2D eigenvalue weighted by Gasteiger charge is 2.07. The number of unbranched alkanes of at least 4 members (excludes halogenated alkanes) is 5. The van der Waals surface area contributed by atoms with Crippen LogP contribution in [-0.2, 0) is 17.0 Å². The van der Waals surface area contributed by atoms with E-state index in [-0.39, 0.29) is 0 Å². The Morgan fingerprint density at radius 2 is 1.71 bits per heavy atom. The van der Waals surface area contributed by atoms with Crippen LogP contribution in [0.25, 0.3) is 6.08 Å². The number of nitrogens with two attached hydrogens (primary N) is 1. The smallest absolute Gasteiger partial charge is 0.328 e. The number of thioether (sulfide) groups is 1. The zero-order chi connectivity index (χ0) is 24.7. The van der Waals surface area contributed by atoms with E-state index in [1.807, 2.05) is 36.4 Å². The van der Waals surface area contributed by atoms with Crippen molar-refractivity contribution in [3.05, 3.63) is 89.8 Å². The van der Waals surface area contributed by atoms with Crippen LogP contribution in [0.3, 0.4) is 0 Å². The molecule has 3 N–H and O–H groups in total. The fourth-order valence-electron chi connectivity index (χ4n) is 3.70. The first-order chi connectivity index (χ1) is 17.1. The number of aliphatic carboxylic acids is 1. The standard InChI is InChI=1S/C29H34N2O3S/c30-24-14-10-15-26(21-24)35-22-25-16-18-28(27(31-25)17-19-29(32)33)34-20-9-4-2-1-3-6-11-23-12-7-5-8-13-23/h5,7-8,10,12-19,21H,1-4,6,9,11,20,22,30H2,(H,32,33)/b19-17+. The number of carbonyl (C=O) groups is 1. The number of aromatic nitrogens is 1. The molecule has 0 aliphatic rings. The van der Waals surface area contributed by atoms with Gasteiger partial charge in [-0.2, -0.15) is 0 Å². The Labute approximate surface area is 212 Å². The number of nitrogen functional groups attached to an aromatic ring is 1. The lowest BCUT2D eigenvalue weighted by Gasteiger charge is -2.11. The minimum Gasteiger partial charge on any atom is -0.491 e. The SMILES string of the molecule is Nc1cccc(SCc2ccc(OCCCCCCCCc3ccccc3)c(/C=C/C(=O)O)n2)c1. The van der Waals surface area contributed by atoms with Crippen LogP contribution < -0.4 is 10.5 Å². The highest BCUT2D eigenvalue weighted by atomic mass is 32.2. The highest BCUT2D eigenvalue weighted by Crippen LogP contribution is 2.26. The van der Waals surface area contributed by atoms with Crippen LogP contribution in [0, 0.1) is 0 Å². The number of anilines is 1. The molecule has 0 saturated carbocycles. The van der Waals surface area contributed by atoms with Crippen molar-refractivity contribution in [1.82, 2.24) is 4.98 Å². The zero-order valence-corrected chi connectivity index (χ0v) is 20.9. The third-order valence-electron chi connectivity index (χ3n) is 5.53. The third-order valence-corrected chi connectivity index (χ3v) is 6.56. The Bertz CT molecular complexity index is 1090.